The van der Waals surface area contributed by atoms with E-state index < -0.39 is 0 Å². The van der Waals surface area contributed by atoms with Gasteiger partial charge >= 0.3 is 0 Å². The number of nitrogens with two attached hydrogens (primary N) is 1. The quantitative estimate of drug-likeness (QED) is 0.576. The average molecular weight is 300 g/mol. The summed E-state index contributed by atoms with van der Waals surface area (Å²) in [5.41, 5.74) is 8.94. The van der Waals surface area contributed by atoms with Gasteiger partial charge in [-0.05, 0) is 49.6 Å². The van der Waals surface area contributed by atoms with Gasteiger partial charge in [0.1, 0.15) is 11.5 Å². The molecule has 0 unspecified atom stereocenters. The van der Waals surface area contributed by atoms with Crippen LogP contribution in [0.25, 0.3) is 0 Å². The molecule has 0 amide bonds. The molecule has 0 atom stereocenters. The Labute approximate surface area is 132 Å². The molecule has 0 aliphatic rings. The predicted octanol–water partition coefficient (Wildman–Crippen LogP) is 3.72. The van der Waals surface area contributed by atoms with E-state index in [4.69, 9.17) is 15.2 Å². The van der Waals surface area contributed by atoms with E-state index >= 15 is 0 Å². The molecule has 0 aliphatic carbocycles. The van der Waals surface area contributed by atoms with Gasteiger partial charge < -0.3 is 20.5 Å². The molecule has 0 bridgehead atoms. The van der Waals surface area contributed by atoms with Crippen molar-refractivity contribution in [3.05, 3.63) is 48.0 Å². The molecule has 0 heterocycles. The Hall–Kier alpha value is -2.36. The lowest BCUT2D eigenvalue weighted by Crippen LogP contribution is -2.04. The summed E-state index contributed by atoms with van der Waals surface area (Å²) in [6.45, 7) is 3.47. The van der Waals surface area contributed by atoms with E-state index in [1.165, 1.54) is 5.56 Å². The molecule has 0 saturated heterocycles. The van der Waals surface area contributed by atoms with Crippen molar-refractivity contribution < 1.29 is 9.47 Å². The molecule has 22 heavy (non-hydrogen) atoms. The van der Waals surface area contributed by atoms with Crippen LogP contribution >= 0.6 is 0 Å². The lowest BCUT2D eigenvalue weighted by molar-refractivity contribution is 0.342. The van der Waals surface area contributed by atoms with E-state index in [2.05, 4.69) is 11.4 Å². The Morgan fingerprint density at radius 2 is 1.91 bits per heavy atom. The maximum atomic E-state index is 5.98. The van der Waals surface area contributed by atoms with Gasteiger partial charge in [-0.3, -0.25) is 0 Å². The Morgan fingerprint density at radius 1 is 1.09 bits per heavy atom. The third kappa shape index (κ3) is 4.32. The molecule has 0 radical (unpaired) electrons. The van der Waals surface area contributed by atoms with E-state index in [0.29, 0.717) is 12.3 Å². The number of benzene rings is 2. The summed E-state index contributed by atoms with van der Waals surface area (Å²) in [4.78, 5) is 0. The molecule has 0 aliphatic heterocycles. The van der Waals surface area contributed by atoms with Crippen LogP contribution in [0.2, 0.25) is 0 Å². The molecular weight excluding hydrogens is 276 g/mol. The van der Waals surface area contributed by atoms with Crippen LogP contribution in [0.4, 0.5) is 11.4 Å². The fraction of sp³-hybridized carbons (Fsp3) is 0.333. The maximum Gasteiger partial charge on any atom is 0.142 e. The van der Waals surface area contributed by atoms with Gasteiger partial charge in [0, 0.05) is 6.54 Å². The normalized spacial score (nSPS) is 10.3. The molecule has 4 heteroatoms. The second-order valence-electron chi connectivity index (χ2n) is 5.04. The minimum absolute atomic E-state index is 0.631. The van der Waals surface area contributed by atoms with Crippen LogP contribution in [0, 0.1) is 0 Å². The highest BCUT2D eigenvalue weighted by Gasteiger charge is 2.03. The van der Waals surface area contributed by atoms with Gasteiger partial charge in [0.2, 0.25) is 0 Å². The van der Waals surface area contributed by atoms with E-state index in [0.717, 1.165) is 36.6 Å². The van der Waals surface area contributed by atoms with Crippen LogP contribution in [0.1, 0.15) is 18.9 Å². The highest BCUT2D eigenvalue weighted by molar-refractivity contribution is 5.56. The fourth-order valence-corrected chi connectivity index (χ4v) is 2.35. The van der Waals surface area contributed by atoms with Crippen molar-refractivity contribution in [3.63, 3.8) is 0 Å². The molecule has 118 valence electrons. The fourth-order valence-electron chi connectivity index (χ4n) is 2.35. The standard InChI is InChI=1S/C18H24N2O2/c1-3-22-17-11-10-14(13-15(17)19)7-6-12-20-16-8-4-5-9-18(16)21-2/h4-5,8-11,13,20H,3,6-7,12,19H2,1-2H3. The van der Waals surface area contributed by atoms with Gasteiger partial charge in [0.05, 0.1) is 25.1 Å². The third-order valence-electron chi connectivity index (χ3n) is 3.44. The van der Waals surface area contributed by atoms with Crippen LogP contribution in [0.5, 0.6) is 11.5 Å². The number of ether oxygens (including phenoxy) is 2. The van der Waals surface area contributed by atoms with Gasteiger partial charge in [-0.25, -0.2) is 0 Å². The van der Waals surface area contributed by atoms with Crippen molar-refractivity contribution in [2.45, 2.75) is 19.8 Å². The van der Waals surface area contributed by atoms with Crippen molar-refractivity contribution in [1.82, 2.24) is 0 Å². The smallest absolute Gasteiger partial charge is 0.142 e. The van der Waals surface area contributed by atoms with Gasteiger partial charge in [-0.15, -0.1) is 0 Å². The summed E-state index contributed by atoms with van der Waals surface area (Å²) < 4.78 is 10.8. The minimum atomic E-state index is 0.631. The number of nitrogens with one attached hydrogen (secondary N) is 1. The first kappa shape index (κ1) is 16.0. The zero-order chi connectivity index (χ0) is 15.8. The largest absolute Gasteiger partial charge is 0.495 e. The molecule has 2 aromatic carbocycles. The van der Waals surface area contributed by atoms with Gasteiger partial charge in [-0.1, -0.05) is 18.2 Å². The molecule has 3 N–H and O–H groups in total. The Kier molecular flexibility index (Phi) is 5.95. The van der Waals surface area contributed by atoms with Gasteiger partial charge in [-0.2, -0.15) is 0 Å². The van der Waals surface area contributed by atoms with E-state index in [1.807, 2.05) is 43.3 Å². The SMILES string of the molecule is CCOc1ccc(CCCNc2ccccc2OC)cc1N. The van der Waals surface area contributed by atoms with Crippen molar-refractivity contribution in [2.24, 2.45) is 0 Å². The van der Waals surface area contributed by atoms with Crippen LogP contribution in [-0.2, 0) is 6.42 Å². The molecule has 0 fully saturated rings. The summed E-state index contributed by atoms with van der Waals surface area (Å²) in [7, 11) is 1.68. The van der Waals surface area contributed by atoms with Crippen LogP contribution in [0.15, 0.2) is 42.5 Å². The number of nitrogen functional groups attached to an aromatic ring is 1. The lowest BCUT2D eigenvalue weighted by atomic mass is 10.1. The predicted molar refractivity (Wildman–Crippen MR) is 91.8 cm³/mol. The third-order valence-corrected chi connectivity index (χ3v) is 3.44. The molecule has 2 aromatic rings. The van der Waals surface area contributed by atoms with Crippen LogP contribution in [0.3, 0.4) is 0 Å². The van der Waals surface area contributed by atoms with Crippen molar-refractivity contribution in [1.29, 1.82) is 0 Å². The number of anilines is 2. The maximum absolute atomic E-state index is 5.98. The van der Waals surface area contributed by atoms with E-state index in [9.17, 15) is 0 Å². The number of hydrogen-bond acceptors (Lipinski definition) is 4. The second-order valence-corrected chi connectivity index (χ2v) is 5.04. The molecule has 0 spiro atoms. The van der Waals surface area contributed by atoms with E-state index in [-0.39, 0.29) is 0 Å². The van der Waals surface area contributed by atoms with Gasteiger partial charge in [0.25, 0.3) is 0 Å². The topological polar surface area (TPSA) is 56.5 Å². The number of aryl methyl sites for hydroxylation is 1. The summed E-state index contributed by atoms with van der Waals surface area (Å²) in [5.74, 6) is 1.63. The monoisotopic (exact) mass is 300 g/mol. The first-order valence-electron chi connectivity index (χ1n) is 7.62. The minimum Gasteiger partial charge on any atom is -0.495 e. The summed E-state index contributed by atoms with van der Waals surface area (Å²) in [6.07, 6.45) is 1.99. The first-order chi connectivity index (χ1) is 10.7. The molecule has 2 rings (SSSR count). The summed E-state index contributed by atoms with van der Waals surface area (Å²) >= 11 is 0. The summed E-state index contributed by atoms with van der Waals surface area (Å²) in [6, 6.07) is 14.0. The highest BCUT2D eigenvalue weighted by atomic mass is 16.5. The Balaban J connectivity index is 1.82. The zero-order valence-electron chi connectivity index (χ0n) is 13.3. The van der Waals surface area contributed by atoms with Crippen LogP contribution in [-0.4, -0.2) is 20.3 Å². The molecule has 0 saturated carbocycles. The van der Waals surface area contributed by atoms with Crippen molar-refractivity contribution in [2.75, 3.05) is 31.3 Å². The molecule has 0 aromatic heterocycles. The van der Waals surface area contributed by atoms with Crippen molar-refractivity contribution >= 4 is 11.4 Å². The van der Waals surface area contributed by atoms with Gasteiger partial charge in [0.15, 0.2) is 0 Å². The van der Waals surface area contributed by atoms with Crippen LogP contribution < -0.4 is 20.5 Å². The number of rotatable bonds is 8. The Morgan fingerprint density at radius 3 is 2.64 bits per heavy atom. The zero-order valence-corrected chi connectivity index (χ0v) is 13.3. The van der Waals surface area contributed by atoms with E-state index in [1.54, 1.807) is 7.11 Å². The highest BCUT2D eigenvalue weighted by Crippen LogP contribution is 2.24. The number of hydrogen-bond donors (Lipinski definition) is 2. The summed E-state index contributed by atoms with van der Waals surface area (Å²) in [5, 5.41) is 3.40. The Bertz CT molecular complexity index is 599. The second kappa shape index (κ2) is 8.17. The number of para-hydroxylation sites is 2. The lowest BCUT2D eigenvalue weighted by Gasteiger charge is -2.11. The average Bonchev–Trinajstić information content (AvgIpc) is 2.54. The first-order valence-corrected chi connectivity index (χ1v) is 7.62. The van der Waals surface area contributed by atoms with Crippen molar-refractivity contribution in [3.8, 4) is 11.5 Å². The number of methoxy groups -OCH3 is 1. The molecular formula is C18H24N2O2. The molecule has 4 nitrogen and oxygen atoms in total.